The maximum absolute atomic E-state index is 12.3. The molecule has 0 aliphatic carbocycles. The molecule has 2 aromatic rings. The van der Waals surface area contributed by atoms with Crippen LogP contribution in [0, 0.1) is 0 Å². The number of hydrogen-bond acceptors (Lipinski definition) is 5. The molecule has 1 aromatic heterocycles. The van der Waals surface area contributed by atoms with Gasteiger partial charge >= 0.3 is 6.61 Å². The zero-order valence-corrected chi connectivity index (χ0v) is 13.2. The average molecular weight is 323 g/mol. The summed E-state index contributed by atoms with van der Waals surface area (Å²) in [5.74, 6) is 1.02. The van der Waals surface area contributed by atoms with Gasteiger partial charge in [0.2, 0.25) is 0 Å². The molecule has 1 unspecified atom stereocenters. The van der Waals surface area contributed by atoms with Crippen LogP contribution in [0.25, 0.3) is 0 Å². The van der Waals surface area contributed by atoms with Gasteiger partial charge in [0.15, 0.2) is 11.5 Å². The Bertz CT molecular complexity index is 626. The van der Waals surface area contributed by atoms with E-state index in [1.165, 1.54) is 13.2 Å². The zero-order chi connectivity index (χ0) is 16.8. The van der Waals surface area contributed by atoms with E-state index >= 15 is 0 Å². The van der Waals surface area contributed by atoms with Gasteiger partial charge in [-0.15, -0.1) is 0 Å². The number of nitrogens with zero attached hydrogens (tertiary/aromatic N) is 3. The summed E-state index contributed by atoms with van der Waals surface area (Å²) in [5, 5.41) is 0. The Kier molecular flexibility index (Phi) is 5.81. The number of benzene rings is 1. The maximum atomic E-state index is 12.3. The summed E-state index contributed by atoms with van der Waals surface area (Å²) in [6.07, 6.45) is 3.40. The number of alkyl halides is 2. The Hall–Kier alpha value is -2.28. The van der Waals surface area contributed by atoms with Crippen LogP contribution in [-0.4, -0.2) is 35.6 Å². The molecule has 1 aromatic carbocycles. The zero-order valence-electron chi connectivity index (χ0n) is 13.2. The lowest BCUT2D eigenvalue weighted by Crippen LogP contribution is -2.23. The number of hydrogen-bond donors (Lipinski definition) is 0. The van der Waals surface area contributed by atoms with Crippen molar-refractivity contribution in [1.82, 2.24) is 14.9 Å². The van der Waals surface area contributed by atoms with E-state index in [0.717, 1.165) is 11.4 Å². The van der Waals surface area contributed by atoms with E-state index in [1.54, 1.807) is 30.6 Å². The summed E-state index contributed by atoms with van der Waals surface area (Å²) in [5.41, 5.74) is 0.911. The van der Waals surface area contributed by atoms with E-state index in [2.05, 4.69) is 19.6 Å². The molecule has 0 fully saturated rings. The first-order valence-corrected chi connectivity index (χ1v) is 7.10. The Morgan fingerprint density at radius 3 is 2.48 bits per heavy atom. The smallest absolute Gasteiger partial charge is 0.387 e. The monoisotopic (exact) mass is 323 g/mol. The van der Waals surface area contributed by atoms with Gasteiger partial charge in [0, 0.05) is 18.9 Å². The predicted molar refractivity (Wildman–Crippen MR) is 81.5 cm³/mol. The van der Waals surface area contributed by atoms with Crippen LogP contribution in [0.5, 0.6) is 11.5 Å². The third-order valence-corrected chi connectivity index (χ3v) is 3.50. The number of rotatable bonds is 7. The van der Waals surface area contributed by atoms with Crippen molar-refractivity contribution in [2.75, 3.05) is 14.2 Å². The topological polar surface area (TPSA) is 47.5 Å². The Morgan fingerprint density at radius 2 is 1.87 bits per heavy atom. The molecule has 2 rings (SSSR count). The molecule has 1 heterocycles. The number of halogens is 2. The van der Waals surface area contributed by atoms with Gasteiger partial charge in [-0.25, -0.2) is 9.97 Å². The minimum atomic E-state index is -2.88. The molecule has 23 heavy (non-hydrogen) atoms. The van der Waals surface area contributed by atoms with Crippen molar-refractivity contribution in [3.05, 3.63) is 48.0 Å². The van der Waals surface area contributed by atoms with Gasteiger partial charge in [-0.1, -0.05) is 6.07 Å². The molecule has 1 atom stereocenters. The van der Waals surface area contributed by atoms with Crippen molar-refractivity contribution >= 4 is 0 Å². The van der Waals surface area contributed by atoms with Crippen LogP contribution in [0.2, 0.25) is 0 Å². The summed E-state index contributed by atoms with van der Waals surface area (Å²) in [7, 11) is 3.36. The SMILES string of the molecule is COc1cc(CN(C)C(C)c2ncccn2)ccc1OC(F)F. The second kappa shape index (κ2) is 7.82. The first-order valence-electron chi connectivity index (χ1n) is 7.10. The van der Waals surface area contributed by atoms with Gasteiger partial charge < -0.3 is 9.47 Å². The van der Waals surface area contributed by atoms with Crippen molar-refractivity contribution < 1.29 is 18.3 Å². The van der Waals surface area contributed by atoms with Crippen LogP contribution in [0.15, 0.2) is 36.7 Å². The van der Waals surface area contributed by atoms with E-state index < -0.39 is 6.61 Å². The fraction of sp³-hybridized carbons (Fsp3) is 0.375. The van der Waals surface area contributed by atoms with Crippen molar-refractivity contribution in [1.29, 1.82) is 0 Å². The fourth-order valence-electron chi connectivity index (χ4n) is 2.15. The first-order chi connectivity index (χ1) is 11.0. The molecule has 0 bridgehead atoms. The third kappa shape index (κ3) is 4.59. The molecular weight excluding hydrogens is 304 g/mol. The molecule has 0 radical (unpaired) electrons. The number of ether oxygens (including phenoxy) is 2. The normalized spacial score (nSPS) is 12.5. The van der Waals surface area contributed by atoms with Crippen LogP contribution < -0.4 is 9.47 Å². The van der Waals surface area contributed by atoms with Crippen LogP contribution >= 0.6 is 0 Å². The highest BCUT2D eigenvalue weighted by Crippen LogP contribution is 2.30. The van der Waals surface area contributed by atoms with Crippen molar-refractivity contribution in [2.45, 2.75) is 26.1 Å². The second-order valence-corrected chi connectivity index (χ2v) is 5.06. The van der Waals surface area contributed by atoms with Crippen LogP contribution in [0.4, 0.5) is 8.78 Å². The summed E-state index contributed by atoms with van der Waals surface area (Å²) in [4.78, 5) is 10.5. The molecule has 0 N–H and O–H groups in total. The Morgan fingerprint density at radius 1 is 1.17 bits per heavy atom. The molecule has 5 nitrogen and oxygen atoms in total. The molecule has 0 amide bonds. The van der Waals surface area contributed by atoms with Crippen LogP contribution in [-0.2, 0) is 6.54 Å². The fourth-order valence-corrected chi connectivity index (χ4v) is 2.15. The molecule has 0 aliphatic rings. The van der Waals surface area contributed by atoms with Crippen molar-refractivity contribution in [3.8, 4) is 11.5 Å². The Labute approximate surface area is 133 Å². The van der Waals surface area contributed by atoms with Gasteiger partial charge in [-0.2, -0.15) is 8.78 Å². The van der Waals surface area contributed by atoms with Crippen LogP contribution in [0.3, 0.4) is 0 Å². The minimum absolute atomic E-state index is 0.0131. The second-order valence-electron chi connectivity index (χ2n) is 5.06. The molecular formula is C16H19F2N3O2. The summed E-state index contributed by atoms with van der Waals surface area (Å²) in [6.45, 7) is -0.293. The summed E-state index contributed by atoms with van der Waals surface area (Å²) < 4.78 is 34.2. The summed E-state index contributed by atoms with van der Waals surface area (Å²) in [6, 6.07) is 6.68. The van der Waals surface area contributed by atoms with E-state index in [0.29, 0.717) is 6.54 Å². The molecule has 0 saturated carbocycles. The van der Waals surface area contributed by atoms with Gasteiger partial charge in [-0.3, -0.25) is 4.90 Å². The lowest BCUT2D eigenvalue weighted by molar-refractivity contribution is -0.0512. The molecule has 124 valence electrons. The van der Waals surface area contributed by atoms with E-state index in [-0.39, 0.29) is 17.5 Å². The van der Waals surface area contributed by atoms with Gasteiger partial charge in [0.1, 0.15) is 5.82 Å². The number of aromatic nitrogens is 2. The minimum Gasteiger partial charge on any atom is -0.493 e. The van der Waals surface area contributed by atoms with E-state index in [1.807, 2.05) is 14.0 Å². The molecule has 0 aliphatic heterocycles. The lowest BCUT2D eigenvalue weighted by Gasteiger charge is -2.23. The third-order valence-electron chi connectivity index (χ3n) is 3.50. The summed E-state index contributed by atoms with van der Waals surface area (Å²) >= 11 is 0. The van der Waals surface area contributed by atoms with Crippen molar-refractivity contribution in [2.24, 2.45) is 0 Å². The highest BCUT2D eigenvalue weighted by molar-refractivity contribution is 5.43. The standard InChI is InChI=1S/C16H19F2N3O2/c1-11(15-19-7-4-8-20-15)21(2)10-12-5-6-13(23-16(17)18)14(9-12)22-3/h4-9,11,16H,10H2,1-3H3. The highest BCUT2D eigenvalue weighted by atomic mass is 19.3. The number of methoxy groups -OCH3 is 1. The lowest BCUT2D eigenvalue weighted by atomic mass is 10.1. The van der Waals surface area contributed by atoms with Crippen molar-refractivity contribution in [3.63, 3.8) is 0 Å². The molecule has 0 saturated heterocycles. The highest BCUT2D eigenvalue weighted by Gasteiger charge is 2.16. The largest absolute Gasteiger partial charge is 0.493 e. The van der Waals surface area contributed by atoms with Crippen LogP contribution in [0.1, 0.15) is 24.4 Å². The maximum Gasteiger partial charge on any atom is 0.387 e. The van der Waals surface area contributed by atoms with Gasteiger partial charge in [-0.05, 0) is 37.7 Å². The van der Waals surface area contributed by atoms with E-state index in [9.17, 15) is 8.78 Å². The van der Waals surface area contributed by atoms with Gasteiger partial charge in [0.05, 0.1) is 13.2 Å². The quantitative estimate of drug-likeness (QED) is 0.782. The first kappa shape index (κ1) is 17.1. The van der Waals surface area contributed by atoms with Gasteiger partial charge in [0.25, 0.3) is 0 Å². The predicted octanol–water partition coefficient (Wildman–Crippen LogP) is 3.28. The van der Waals surface area contributed by atoms with E-state index in [4.69, 9.17) is 4.74 Å². The molecule has 7 heteroatoms. The Balaban J connectivity index is 2.10. The average Bonchev–Trinajstić information content (AvgIpc) is 2.55. The molecule has 0 spiro atoms.